The van der Waals surface area contributed by atoms with E-state index in [4.69, 9.17) is 0 Å². The summed E-state index contributed by atoms with van der Waals surface area (Å²) >= 11 is 1.49. The molecule has 4 aromatic rings. The van der Waals surface area contributed by atoms with Crippen LogP contribution in [0.1, 0.15) is 32.4 Å². The van der Waals surface area contributed by atoms with Crippen molar-refractivity contribution in [2.75, 3.05) is 10.6 Å². The van der Waals surface area contributed by atoms with Gasteiger partial charge in [-0.1, -0.05) is 36.4 Å². The molecule has 0 spiro atoms. The van der Waals surface area contributed by atoms with Crippen LogP contribution < -0.4 is 10.6 Å². The van der Waals surface area contributed by atoms with Crippen molar-refractivity contribution in [2.45, 2.75) is 13.0 Å². The van der Waals surface area contributed by atoms with E-state index < -0.39 is 0 Å². The van der Waals surface area contributed by atoms with E-state index in [1.165, 1.54) is 23.5 Å². The van der Waals surface area contributed by atoms with E-state index in [9.17, 15) is 9.18 Å². The fraction of sp³-hybridized carbons (Fsp3) is 0.0833. The summed E-state index contributed by atoms with van der Waals surface area (Å²) in [5, 5.41) is 7.13. The van der Waals surface area contributed by atoms with Gasteiger partial charge in [0.15, 0.2) is 0 Å². The van der Waals surface area contributed by atoms with E-state index in [1.807, 2.05) is 55.5 Å². The minimum Gasteiger partial charge on any atom is -0.359 e. The molecular formula is C24H20FN3OS. The van der Waals surface area contributed by atoms with E-state index in [0.29, 0.717) is 11.4 Å². The number of aromatic nitrogens is 1. The second kappa shape index (κ2) is 8.88. The van der Waals surface area contributed by atoms with Gasteiger partial charge in [0, 0.05) is 22.2 Å². The summed E-state index contributed by atoms with van der Waals surface area (Å²) < 4.78 is 14.0. The van der Waals surface area contributed by atoms with Crippen molar-refractivity contribution < 1.29 is 9.18 Å². The molecule has 0 aliphatic rings. The first-order valence-corrected chi connectivity index (χ1v) is 10.3. The Morgan fingerprint density at radius 3 is 2.53 bits per heavy atom. The monoisotopic (exact) mass is 417 g/mol. The van der Waals surface area contributed by atoms with Crippen LogP contribution in [0.15, 0.2) is 85.1 Å². The summed E-state index contributed by atoms with van der Waals surface area (Å²) in [6, 6.07) is 22.7. The molecule has 0 bridgehead atoms. The summed E-state index contributed by atoms with van der Waals surface area (Å²) in [7, 11) is 0. The number of amides is 1. The lowest BCUT2D eigenvalue weighted by Crippen LogP contribution is -2.17. The number of nitrogens with one attached hydrogen (secondary N) is 2. The third-order valence-corrected chi connectivity index (χ3v) is 5.58. The Bertz CT molecular complexity index is 1150. The molecule has 0 saturated carbocycles. The largest absolute Gasteiger partial charge is 0.359 e. The summed E-state index contributed by atoms with van der Waals surface area (Å²) in [4.78, 5) is 18.1. The Morgan fingerprint density at radius 1 is 1.00 bits per heavy atom. The first-order chi connectivity index (χ1) is 14.6. The number of nitrogens with zero attached hydrogens (tertiary/aromatic N) is 1. The summed E-state index contributed by atoms with van der Waals surface area (Å²) in [5.74, 6) is 0.160. The number of rotatable bonds is 6. The van der Waals surface area contributed by atoms with E-state index in [0.717, 1.165) is 21.0 Å². The van der Waals surface area contributed by atoms with Gasteiger partial charge >= 0.3 is 0 Å². The standard InChI is InChI=1S/C24H20FN3OS/c1-16-14-20(24(30-16)28-23(29)17-8-3-2-4-9-17)22(18-10-7-11-19(25)15-18)27-21-12-5-6-13-26-21/h2-15,22H,1H3,(H,26,27)(H,28,29). The van der Waals surface area contributed by atoms with Crippen LogP contribution in [0, 0.1) is 12.7 Å². The molecule has 4 rings (SSSR count). The zero-order valence-corrected chi connectivity index (χ0v) is 17.1. The molecule has 0 saturated heterocycles. The molecule has 150 valence electrons. The quantitative estimate of drug-likeness (QED) is 0.402. The molecule has 1 amide bonds. The van der Waals surface area contributed by atoms with Crippen LogP contribution in [0.3, 0.4) is 0 Å². The Morgan fingerprint density at radius 2 is 1.80 bits per heavy atom. The Hall–Kier alpha value is -3.51. The average Bonchev–Trinajstić information content (AvgIpc) is 3.13. The van der Waals surface area contributed by atoms with Gasteiger partial charge in [-0.25, -0.2) is 9.37 Å². The number of benzene rings is 2. The van der Waals surface area contributed by atoms with Gasteiger partial charge in [-0.3, -0.25) is 4.79 Å². The molecule has 2 aromatic heterocycles. The van der Waals surface area contributed by atoms with Crippen molar-refractivity contribution >= 4 is 28.1 Å². The number of pyridine rings is 1. The number of carbonyl (C=O) groups is 1. The van der Waals surface area contributed by atoms with Gasteiger partial charge in [0.1, 0.15) is 16.6 Å². The van der Waals surface area contributed by atoms with Crippen LogP contribution in [0.5, 0.6) is 0 Å². The Kier molecular flexibility index (Phi) is 5.86. The van der Waals surface area contributed by atoms with Crippen LogP contribution in [-0.4, -0.2) is 10.9 Å². The van der Waals surface area contributed by atoms with Crippen molar-refractivity contribution in [1.29, 1.82) is 0 Å². The molecule has 0 radical (unpaired) electrons. The SMILES string of the molecule is Cc1cc(C(Nc2ccccn2)c2cccc(F)c2)c(NC(=O)c2ccccc2)s1. The topological polar surface area (TPSA) is 54.0 Å². The highest BCUT2D eigenvalue weighted by Gasteiger charge is 2.22. The number of hydrogen-bond acceptors (Lipinski definition) is 4. The average molecular weight is 418 g/mol. The lowest BCUT2D eigenvalue weighted by molar-refractivity contribution is 0.102. The first kappa shape index (κ1) is 19.8. The molecular weight excluding hydrogens is 397 g/mol. The number of thiophene rings is 1. The summed E-state index contributed by atoms with van der Waals surface area (Å²) in [6.07, 6.45) is 1.70. The van der Waals surface area contributed by atoms with Crippen LogP contribution >= 0.6 is 11.3 Å². The summed E-state index contributed by atoms with van der Waals surface area (Å²) in [6.45, 7) is 1.98. The molecule has 2 aromatic carbocycles. The maximum absolute atomic E-state index is 14.0. The third-order valence-electron chi connectivity index (χ3n) is 4.60. The smallest absolute Gasteiger partial charge is 0.256 e. The van der Waals surface area contributed by atoms with Crippen molar-refractivity contribution in [2.24, 2.45) is 0 Å². The minimum atomic E-state index is -0.383. The van der Waals surface area contributed by atoms with Crippen molar-refractivity contribution in [1.82, 2.24) is 4.98 Å². The fourth-order valence-corrected chi connectivity index (χ4v) is 4.18. The van der Waals surface area contributed by atoms with Crippen LogP contribution in [0.25, 0.3) is 0 Å². The second-order valence-corrected chi connectivity index (χ2v) is 8.07. The molecule has 1 atom stereocenters. The van der Waals surface area contributed by atoms with Crippen LogP contribution in [-0.2, 0) is 0 Å². The first-order valence-electron chi connectivity index (χ1n) is 9.50. The third kappa shape index (κ3) is 4.55. The van der Waals surface area contributed by atoms with Crippen molar-refractivity contribution in [3.63, 3.8) is 0 Å². The van der Waals surface area contributed by atoms with Gasteiger partial charge in [-0.2, -0.15) is 0 Å². The Balaban J connectivity index is 1.72. The van der Waals surface area contributed by atoms with E-state index in [1.54, 1.807) is 24.4 Å². The maximum Gasteiger partial charge on any atom is 0.256 e. The predicted octanol–water partition coefficient (Wildman–Crippen LogP) is 6.04. The number of halogens is 1. The molecule has 30 heavy (non-hydrogen) atoms. The number of carbonyl (C=O) groups excluding carboxylic acids is 1. The lowest BCUT2D eigenvalue weighted by Gasteiger charge is -2.21. The predicted molar refractivity (Wildman–Crippen MR) is 120 cm³/mol. The molecule has 0 fully saturated rings. The summed E-state index contributed by atoms with van der Waals surface area (Å²) in [5.41, 5.74) is 2.18. The van der Waals surface area contributed by atoms with E-state index in [2.05, 4.69) is 15.6 Å². The maximum atomic E-state index is 14.0. The van der Waals surface area contributed by atoms with Crippen LogP contribution in [0.4, 0.5) is 15.2 Å². The zero-order chi connectivity index (χ0) is 20.9. The van der Waals surface area contributed by atoms with Gasteiger partial charge in [-0.15, -0.1) is 11.3 Å². The highest BCUT2D eigenvalue weighted by Crippen LogP contribution is 2.37. The van der Waals surface area contributed by atoms with Gasteiger partial charge < -0.3 is 10.6 Å². The molecule has 0 aliphatic heterocycles. The van der Waals surface area contributed by atoms with Gasteiger partial charge in [-0.05, 0) is 55.0 Å². The van der Waals surface area contributed by atoms with E-state index in [-0.39, 0.29) is 17.8 Å². The lowest BCUT2D eigenvalue weighted by atomic mass is 9.99. The molecule has 6 heteroatoms. The molecule has 4 nitrogen and oxygen atoms in total. The molecule has 1 unspecified atom stereocenters. The van der Waals surface area contributed by atoms with Gasteiger partial charge in [0.25, 0.3) is 5.91 Å². The van der Waals surface area contributed by atoms with Crippen molar-refractivity contribution in [3.8, 4) is 0 Å². The van der Waals surface area contributed by atoms with Crippen molar-refractivity contribution in [3.05, 3.63) is 112 Å². The fourth-order valence-electron chi connectivity index (χ4n) is 3.23. The van der Waals surface area contributed by atoms with Gasteiger partial charge in [0.05, 0.1) is 6.04 Å². The number of aryl methyl sites for hydroxylation is 1. The minimum absolute atomic E-state index is 0.186. The van der Waals surface area contributed by atoms with Crippen LogP contribution in [0.2, 0.25) is 0 Å². The highest BCUT2D eigenvalue weighted by molar-refractivity contribution is 7.16. The zero-order valence-electron chi connectivity index (χ0n) is 16.3. The molecule has 0 aliphatic carbocycles. The van der Waals surface area contributed by atoms with Gasteiger partial charge in [0.2, 0.25) is 0 Å². The Labute approximate surface area is 178 Å². The number of anilines is 2. The normalized spacial score (nSPS) is 11.7. The highest BCUT2D eigenvalue weighted by atomic mass is 32.1. The molecule has 2 heterocycles. The molecule has 2 N–H and O–H groups in total. The second-order valence-electron chi connectivity index (χ2n) is 6.81. The number of hydrogen-bond donors (Lipinski definition) is 2. The van der Waals surface area contributed by atoms with E-state index >= 15 is 0 Å².